The summed E-state index contributed by atoms with van der Waals surface area (Å²) < 4.78 is 41.3. The average molecular weight is 347 g/mol. The van der Waals surface area contributed by atoms with Crippen LogP contribution in [0.3, 0.4) is 0 Å². The van der Waals surface area contributed by atoms with Crippen molar-refractivity contribution in [3.8, 4) is 0 Å². The van der Waals surface area contributed by atoms with E-state index < -0.39 is 11.7 Å². The van der Waals surface area contributed by atoms with Gasteiger partial charge in [-0.05, 0) is 30.0 Å². The first kappa shape index (κ1) is 18.8. The number of rotatable bonds is 5. The number of halogens is 3. The Kier molecular flexibility index (Phi) is 6.02. The van der Waals surface area contributed by atoms with Crippen molar-refractivity contribution in [1.82, 2.24) is 5.32 Å². The monoisotopic (exact) mass is 347 g/mol. The summed E-state index contributed by atoms with van der Waals surface area (Å²) in [5.41, 5.74) is 1.49. The predicted molar refractivity (Wildman–Crippen MR) is 93.0 cm³/mol. The molecule has 5 heteroatoms. The zero-order valence-electron chi connectivity index (χ0n) is 14.2. The number of amides is 1. The Labute approximate surface area is 145 Å². The molecule has 2 nitrogen and oxygen atoms in total. The van der Waals surface area contributed by atoms with Crippen LogP contribution in [0.2, 0.25) is 0 Å². The third-order valence-corrected chi connectivity index (χ3v) is 3.80. The molecule has 0 aliphatic carbocycles. The maximum absolute atomic E-state index is 13.8. The molecule has 2 rings (SSSR count). The molecule has 132 valence electrons. The summed E-state index contributed by atoms with van der Waals surface area (Å²) in [6.07, 6.45) is -4.78. The zero-order chi connectivity index (χ0) is 18.4. The lowest BCUT2D eigenvalue weighted by Crippen LogP contribution is -2.25. The van der Waals surface area contributed by atoms with Crippen LogP contribution in [0.15, 0.2) is 60.2 Å². The first-order valence-electron chi connectivity index (χ1n) is 7.96. The maximum Gasteiger partial charge on any atom is 0.413 e. The number of hydrogen-bond acceptors (Lipinski definition) is 1. The largest absolute Gasteiger partial charge is 0.413 e. The molecule has 0 fully saturated rings. The fourth-order valence-electron chi connectivity index (χ4n) is 2.61. The molecule has 1 amide bonds. The van der Waals surface area contributed by atoms with Crippen LogP contribution in [0.4, 0.5) is 13.2 Å². The van der Waals surface area contributed by atoms with Gasteiger partial charge in [-0.15, -0.1) is 0 Å². The van der Waals surface area contributed by atoms with Gasteiger partial charge in [-0.3, -0.25) is 4.79 Å². The van der Waals surface area contributed by atoms with E-state index in [9.17, 15) is 18.0 Å². The molecule has 2 aromatic carbocycles. The Morgan fingerprint density at radius 3 is 2.04 bits per heavy atom. The van der Waals surface area contributed by atoms with E-state index in [1.807, 2.05) is 6.92 Å². The molecule has 0 bridgehead atoms. The summed E-state index contributed by atoms with van der Waals surface area (Å²) >= 11 is 0. The minimum absolute atomic E-state index is 0.0631. The maximum atomic E-state index is 13.8. The Hall–Kier alpha value is -2.56. The highest BCUT2D eigenvalue weighted by Gasteiger charge is 2.36. The Bertz CT molecular complexity index is 747. The first-order valence-corrected chi connectivity index (χ1v) is 7.96. The van der Waals surface area contributed by atoms with Crippen molar-refractivity contribution in [3.05, 3.63) is 76.9 Å². The van der Waals surface area contributed by atoms with E-state index in [1.54, 1.807) is 54.6 Å². The molecule has 0 aliphatic rings. The summed E-state index contributed by atoms with van der Waals surface area (Å²) in [6.45, 7) is 3.11. The van der Waals surface area contributed by atoms with Gasteiger partial charge in [0.05, 0.1) is 0 Å². The Balaban J connectivity index is 2.60. The summed E-state index contributed by atoms with van der Waals surface area (Å²) in [7, 11) is 0. The molecule has 0 heterocycles. The van der Waals surface area contributed by atoms with Gasteiger partial charge in [-0.1, -0.05) is 60.2 Å². The fourth-order valence-corrected chi connectivity index (χ4v) is 2.61. The minimum atomic E-state index is -4.49. The van der Waals surface area contributed by atoms with Crippen LogP contribution in [-0.2, 0) is 4.79 Å². The summed E-state index contributed by atoms with van der Waals surface area (Å²) in [4.78, 5) is 11.0. The number of carbonyl (C=O) groups is 1. The van der Waals surface area contributed by atoms with Gasteiger partial charge in [0.2, 0.25) is 5.91 Å². The second kappa shape index (κ2) is 8.01. The molecule has 1 N–H and O–H groups in total. The lowest BCUT2D eigenvalue weighted by atomic mass is 9.90. The number of aryl methyl sites for hydroxylation is 1. The third kappa shape index (κ3) is 5.21. The van der Waals surface area contributed by atoms with E-state index in [0.717, 1.165) is 5.56 Å². The van der Waals surface area contributed by atoms with Crippen LogP contribution in [0, 0.1) is 6.92 Å². The van der Waals surface area contributed by atoms with E-state index in [-0.39, 0.29) is 24.4 Å². The number of carbonyl (C=O) groups excluding carboxylic acids is 1. The molecular weight excluding hydrogens is 327 g/mol. The van der Waals surface area contributed by atoms with E-state index in [2.05, 4.69) is 5.32 Å². The van der Waals surface area contributed by atoms with Crippen molar-refractivity contribution in [1.29, 1.82) is 0 Å². The normalized spacial score (nSPS) is 12.5. The van der Waals surface area contributed by atoms with Crippen LogP contribution in [-0.4, -0.2) is 18.6 Å². The standard InChI is InChI=1S/C20H20F3NO/c1-14-8-10-17(11-9-14)19(16-6-4-3-5-7-16)18(20(21,22)23)12-13-24-15(2)25/h3-11H,12-13H2,1-2H3,(H,24,25)/b19-18+. The smallest absolute Gasteiger partial charge is 0.356 e. The molecule has 0 aliphatic heterocycles. The second-order valence-corrected chi connectivity index (χ2v) is 5.82. The van der Waals surface area contributed by atoms with E-state index in [1.165, 1.54) is 6.92 Å². The lowest BCUT2D eigenvalue weighted by Gasteiger charge is -2.19. The lowest BCUT2D eigenvalue weighted by molar-refractivity contribution is -0.119. The summed E-state index contributed by atoms with van der Waals surface area (Å²) in [6, 6.07) is 15.5. The van der Waals surface area contributed by atoms with Crippen molar-refractivity contribution >= 4 is 11.5 Å². The SMILES string of the molecule is CC(=O)NCC/C(=C(/c1ccccc1)c1ccc(C)cc1)C(F)(F)F. The molecule has 0 spiro atoms. The molecule has 0 unspecified atom stereocenters. The van der Waals surface area contributed by atoms with Crippen molar-refractivity contribution < 1.29 is 18.0 Å². The predicted octanol–water partition coefficient (Wildman–Crippen LogP) is 4.89. The third-order valence-electron chi connectivity index (χ3n) is 3.80. The van der Waals surface area contributed by atoms with Gasteiger partial charge in [0.1, 0.15) is 0 Å². The van der Waals surface area contributed by atoms with Crippen molar-refractivity contribution in [2.45, 2.75) is 26.4 Å². The molecule has 0 radical (unpaired) electrons. The second-order valence-electron chi connectivity index (χ2n) is 5.82. The molecule has 0 atom stereocenters. The van der Waals surface area contributed by atoms with Crippen molar-refractivity contribution in [3.63, 3.8) is 0 Å². The van der Waals surface area contributed by atoms with Gasteiger partial charge in [-0.2, -0.15) is 13.2 Å². The number of hydrogen-bond donors (Lipinski definition) is 1. The van der Waals surface area contributed by atoms with Gasteiger partial charge in [0.25, 0.3) is 0 Å². The van der Waals surface area contributed by atoms with Crippen molar-refractivity contribution in [2.75, 3.05) is 6.54 Å². The van der Waals surface area contributed by atoms with Crippen molar-refractivity contribution in [2.24, 2.45) is 0 Å². The van der Waals surface area contributed by atoms with Gasteiger partial charge in [0, 0.05) is 19.0 Å². The fraction of sp³-hybridized carbons (Fsp3) is 0.250. The van der Waals surface area contributed by atoms with Crippen LogP contribution < -0.4 is 5.32 Å². The number of benzene rings is 2. The highest BCUT2D eigenvalue weighted by atomic mass is 19.4. The Morgan fingerprint density at radius 2 is 1.52 bits per heavy atom. The zero-order valence-corrected chi connectivity index (χ0v) is 14.2. The average Bonchev–Trinajstić information content (AvgIpc) is 2.55. The first-order chi connectivity index (χ1) is 11.8. The molecule has 0 saturated heterocycles. The van der Waals surface area contributed by atoms with Crippen LogP contribution in [0.25, 0.3) is 5.57 Å². The number of alkyl halides is 3. The van der Waals surface area contributed by atoms with Crippen LogP contribution >= 0.6 is 0 Å². The van der Waals surface area contributed by atoms with Crippen LogP contribution in [0.1, 0.15) is 30.0 Å². The van der Waals surface area contributed by atoms with E-state index in [4.69, 9.17) is 0 Å². The van der Waals surface area contributed by atoms with Gasteiger partial charge in [0.15, 0.2) is 0 Å². The van der Waals surface area contributed by atoms with Gasteiger partial charge >= 0.3 is 6.18 Å². The summed E-state index contributed by atoms with van der Waals surface area (Å²) in [5.74, 6) is -0.349. The molecule has 2 aromatic rings. The topological polar surface area (TPSA) is 29.1 Å². The molecule has 0 aromatic heterocycles. The molecular formula is C20H20F3NO. The molecule has 25 heavy (non-hydrogen) atoms. The van der Waals surface area contributed by atoms with E-state index >= 15 is 0 Å². The number of nitrogens with one attached hydrogen (secondary N) is 1. The van der Waals surface area contributed by atoms with Crippen LogP contribution in [0.5, 0.6) is 0 Å². The quantitative estimate of drug-likeness (QED) is 0.820. The minimum Gasteiger partial charge on any atom is -0.356 e. The highest BCUT2D eigenvalue weighted by Crippen LogP contribution is 2.38. The van der Waals surface area contributed by atoms with E-state index in [0.29, 0.717) is 11.1 Å². The highest BCUT2D eigenvalue weighted by molar-refractivity contribution is 5.83. The Morgan fingerprint density at radius 1 is 0.960 bits per heavy atom. The summed E-state index contributed by atoms with van der Waals surface area (Å²) in [5, 5.41) is 2.44. The molecule has 0 saturated carbocycles. The van der Waals surface area contributed by atoms with Gasteiger partial charge < -0.3 is 5.32 Å². The van der Waals surface area contributed by atoms with Gasteiger partial charge in [-0.25, -0.2) is 0 Å².